The van der Waals surface area contributed by atoms with Crippen LogP contribution in [0.25, 0.3) is 0 Å². The first-order valence-corrected chi connectivity index (χ1v) is 5.16. The van der Waals surface area contributed by atoms with Crippen molar-refractivity contribution in [2.24, 2.45) is 0 Å². The van der Waals surface area contributed by atoms with Gasteiger partial charge in [0.25, 0.3) is 0 Å². The molecule has 3 heteroatoms. The summed E-state index contributed by atoms with van der Waals surface area (Å²) in [6.45, 7) is 0. The number of halogens is 2. The highest BCUT2D eigenvalue weighted by atomic mass is 35.5. The Morgan fingerprint density at radius 3 is 3.00 bits per heavy atom. The molecular formula is C11H12ClFO. The van der Waals surface area contributed by atoms with Crippen molar-refractivity contribution in [3.63, 3.8) is 0 Å². The Morgan fingerprint density at radius 1 is 1.50 bits per heavy atom. The Hall–Kier alpha value is -0.760. The van der Waals surface area contributed by atoms with Gasteiger partial charge in [0.15, 0.2) is 0 Å². The first kappa shape index (κ1) is 9.78. The van der Waals surface area contributed by atoms with Crippen LogP contribution in [0.1, 0.15) is 29.3 Å². The molecule has 1 aromatic rings. The molecule has 1 aliphatic carbocycles. The topological polar surface area (TPSA) is 9.23 Å². The standard InChI is InChI=1S/C11H12ClFO/c1-14-7-5-9-8(11(13)6-7)3-2-4-10(9)12/h5-6,10H,2-4H2,1H3. The van der Waals surface area contributed by atoms with Crippen molar-refractivity contribution in [3.8, 4) is 5.75 Å². The van der Waals surface area contributed by atoms with Gasteiger partial charge in [-0.3, -0.25) is 0 Å². The number of methoxy groups -OCH3 is 1. The zero-order valence-corrected chi connectivity index (χ0v) is 8.77. The van der Waals surface area contributed by atoms with Gasteiger partial charge >= 0.3 is 0 Å². The van der Waals surface area contributed by atoms with Gasteiger partial charge in [-0.2, -0.15) is 0 Å². The van der Waals surface area contributed by atoms with Gasteiger partial charge in [0.1, 0.15) is 11.6 Å². The number of benzene rings is 1. The smallest absolute Gasteiger partial charge is 0.130 e. The third kappa shape index (κ3) is 1.59. The molecule has 0 aliphatic heterocycles. The second-order valence-electron chi connectivity index (χ2n) is 3.54. The molecule has 0 amide bonds. The molecule has 14 heavy (non-hydrogen) atoms. The molecule has 0 heterocycles. The Bertz CT molecular complexity index is 351. The minimum atomic E-state index is -0.190. The van der Waals surface area contributed by atoms with Crippen LogP contribution >= 0.6 is 11.6 Å². The van der Waals surface area contributed by atoms with Crippen LogP contribution in [0, 0.1) is 5.82 Å². The van der Waals surface area contributed by atoms with Crippen LogP contribution in [-0.4, -0.2) is 7.11 Å². The molecule has 0 saturated carbocycles. The third-order valence-electron chi connectivity index (χ3n) is 2.66. The summed E-state index contributed by atoms with van der Waals surface area (Å²) in [5, 5.41) is -0.0663. The van der Waals surface area contributed by atoms with Gasteiger partial charge in [-0.1, -0.05) is 0 Å². The zero-order chi connectivity index (χ0) is 10.1. The van der Waals surface area contributed by atoms with Gasteiger partial charge < -0.3 is 4.74 Å². The fraction of sp³-hybridized carbons (Fsp3) is 0.455. The Morgan fingerprint density at radius 2 is 2.29 bits per heavy atom. The van der Waals surface area contributed by atoms with E-state index in [2.05, 4.69) is 0 Å². The molecule has 1 aromatic carbocycles. The van der Waals surface area contributed by atoms with Crippen LogP contribution in [0.3, 0.4) is 0 Å². The van der Waals surface area contributed by atoms with Gasteiger partial charge in [0, 0.05) is 6.07 Å². The van der Waals surface area contributed by atoms with Gasteiger partial charge in [-0.15, -0.1) is 11.6 Å². The van der Waals surface area contributed by atoms with Crippen LogP contribution in [0.5, 0.6) is 5.75 Å². The maximum Gasteiger partial charge on any atom is 0.130 e. The molecule has 1 unspecified atom stereocenters. The fourth-order valence-electron chi connectivity index (χ4n) is 1.91. The van der Waals surface area contributed by atoms with E-state index < -0.39 is 0 Å². The molecule has 2 rings (SSSR count). The first-order valence-electron chi connectivity index (χ1n) is 4.72. The Balaban J connectivity index is 2.51. The summed E-state index contributed by atoms with van der Waals surface area (Å²) in [5.74, 6) is 0.360. The van der Waals surface area contributed by atoms with Crippen molar-refractivity contribution in [1.82, 2.24) is 0 Å². The molecule has 0 fully saturated rings. The maximum atomic E-state index is 13.6. The number of hydrogen-bond acceptors (Lipinski definition) is 1. The maximum absolute atomic E-state index is 13.6. The molecule has 0 bridgehead atoms. The SMILES string of the molecule is COc1cc(F)c2c(c1)C(Cl)CCC2. The number of ether oxygens (including phenoxy) is 1. The van der Waals surface area contributed by atoms with E-state index in [0.29, 0.717) is 5.75 Å². The predicted molar refractivity (Wildman–Crippen MR) is 54.5 cm³/mol. The minimum absolute atomic E-state index is 0.0663. The molecule has 1 atom stereocenters. The quantitative estimate of drug-likeness (QED) is 0.651. The summed E-state index contributed by atoms with van der Waals surface area (Å²) in [6, 6.07) is 3.27. The molecule has 1 aliphatic rings. The summed E-state index contributed by atoms with van der Waals surface area (Å²) in [5.41, 5.74) is 1.66. The summed E-state index contributed by atoms with van der Waals surface area (Å²) in [4.78, 5) is 0. The molecule has 76 valence electrons. The highest BCUT2D eigenvalue weighted by molar-refractivity contribution is 6.21. The van der Waals surface area contributed by atoms with Crippen molar-refractivity contribution >= 4 is 11.6 Å². The van der Waals surface area contributed by atoms with Crippen LogP contribution < -0.4 is 4.74 Å². The second-order valence-corrected chi connectivity index (χ2v) is 4.06. The van der Waals surface area contributed by atoms with Crippen LogP contribution in [0.15, 0.2) is 12.1 Å². The molecule has 0 N–H and O–H groups in total. The van der Waals surface area contributed by atoms with E-state index in [1.807, 2.05) is 6.07 Å². The number of fused-ring (bicyclic) bond motifs is 1. The summed E-state index contributed by atoms with van der Waals surface area (Å²) < 4.78 is 18.6. The van der Waals surface area contributed by atoms with Crippen molar-refractivity contribution in [1.29, 1.82) is 0 Å². The normalized spacial score (nSPS) is 20.4. The molecule has 0 radical (unpaired) electrons. The van der Waals surface area contributed by atoms with Crippen LogP contribution in [0.2, 0.25) is 0 Å². The lowest BCUT2D eigenvalue weighted by Gasteiger charge is -2.21. The van der Waals surface area contributed by atoms with Crippen molar-refractivity contribution < 1.29 is 9.13 Å². The zero-order valence-electron chi connectivity index (χ0n) is 8.02. The Kier molecular flexibility index (Phi) is 2.64. The van der Waals surface area contributed by atoms with Crippen molar-refractivity contribution in [3.05, 3.63) is 29.1 Å². The van der Waals surface area contributed by atoms with Gasteiger partial charge in [-0.05, 0) is 36.5 Å². The number of rotatable bonds is 1. The highest BCUT2D eigenvalue weighted by Crippen LogP contribution is 2.37. The molecular weight excluding hydrogens is 203 g/mol. The average molecular weight is 215 g/mol. The molecule has 0 saturated heterocycles. The summed E-state index contributed by atoms with van der Waals surface area (Å²) in [6.07, 6.45) is 2.67. The highest BCUT2D eigenvalue weighted by Gasteiger charge is 2.21. The largest absolute Gasteiger partial charge is 0.497 e. The van der Waals surface area contributed by atoms with E-state index in [0.717, 1.165) is 30.4 Å². The van der Waals surface area contributed by atoms with Gasteiger partial charge in [0.2, 0.25) is 0 Å². The fourth-order valence-corrected chi connectivity index (χ4v) is 2.26. The average Bonchev–Trinajstić information content (AvgIpc) is 2.19. The van der Waals surface area contributed by atoms with E-state index in [-0.39, 0.29) is 11.2 Å². The minimum Gasteiger partial charge on any atom is -0.497 e. The summed E-state index contributed by atoms with van der Waals surface area (Å²) in [7, 11) is 1.53. The predicted octanol–water partition coefficient (Wildman–Crippen LogP) is 3.45. The Labute approximate surface area is 87.8 Å². The first-order chi connectivity index (χ1) is 6.72. The van der Waals surface area contributed by atoms with E-state index in [4.69, 9.17) is 16.3 Å². The molecule has 0 spiro atoms. The van der Waals surface area contributed by atoms with E-state index in [1.54, 1.807) is 0 Å². The van der Waals surface area contributed by atoms with Crippen LogP contribution in [0.4, 0.5) is 4.39 Å². The van der Waals surface area contributed by atoms with Crippen molar-refractivity contribution in [2.45, 2.75) is 24.6 Å². The third-order valence-corrected chi connectivity index (χ3v) is 3.11. The van der Waals surface area contributed by atoms with Gasteiger partial charge in [-0.25, -0.2) is 4.39 Å². The lowest BCUT2D eigenvalue weighted by Crippen LogP contribution is -2.08. The molecule has 0 aromatic heterocycles. The van der Waals surface area contributed by atoms with Crippen LogP contribution in [-0.2, 0) is 6.42 Å². The van der Waals surface area contributed by atoms with E-state index in [9.17, 15) is 4.39 Å². The van der Waals surface area contributed by atoms with E-state index >= 15 is 0 Å². The number of alkyl halides is 1. The number of hydrogen-bond donors (Lipinski definition) is 0. The van der Waals surface area contributed by atoms with Crippen molar-refractivity contribution in [2.75, 3.05) is 7.11 Å². The lowest BCUT2D eigenvalue weighted by atomic mass is 9.91. The van der Waals surface area contributed by atoms with E-state index in [1.165, 1.54) is 13.2 Å². The molecule has 1 nitrogen and oxygen atoms in total. The lowest BCUT2D eigenvalue weighted by molar-refractivity contribution is 0.408. The summed E-state index contributed by atoms with van der Waals surface area (Å²) >= 11 is 6.13. The second kappa shape index (κ2) is 3.77. The van der Waals surface area contributed by atoms with Gasteiger partial charge in [0.05, 0.1) is 12.5 Å². The monoisotopic (exact) mass is 214 g/mol.